The monoisotopic (exact) mass is 301 g/mol. The second-order valence-electron chi connectivity index (χ2n) is 6.68. The van der Waals surface area contributed by atoms with Gasteiger partial charge in [0.25, 0.3) is 0 Å². The van der Waals surface area contributed by atoms with Crippen LogP contribution in [0.5, 0.6) is 0 Å². The zero-order valence-electron chi connectivity index (χ0n) is 13.1. The van der Waals surface area contributed by atoms with Crippen LogP contribution in [0.1, 0.15) is 51.0 Å². The third-order valence-corrected chi connectivity index (χ3v) is 5.28. The molecule has 1 aromatic carbocycles. The number of benzene rings is 1. The van der Waals surface area contributed by atoms with Crippen LogP contribution in [0.4, 0.5) is 8.78 Å². The van der Waals surface area contributed by atoms with E-state index in [4.69, 9.17) is 0 Å². The Morgan fingerprint density at radius 2 is 1.82 bits per heavy atom. The van der Waals surface area contributed by atoms with Crippen molar-refractivity contribution in [2.45, 2.75) is 45.4 Å². The van der Waals surface area contributed by atoms with E-state index in [9.17, 15) is 8.78 Å². The van der Waals surface area contributed by atoms with Crippen LogP contribution in [0.25, 0.3) is 11.3 Å². The largest absolute Gasteiger partial charge is 0.256 e. The van der Waals surface area contributed by atoms with Gasteiger partial charge in [0.1, 0.15) is 11.6 Å². The van der Waals surface area contributed by atoms with Gasteiger partial charge in [-0.25, -0.2) is 8.78 Å². The Kier molecular flexibility index (Phi) is 3.98. The minimum Gasteiger partial charge on any atom is -0.256 e. The van der Waals surface area contributed by atoms with E-state index < -0.39 is 11.6 Å². The van der Waals surface area contributed by atoms with Crippen LogP contribution in [-0.4, -0.2) is 4.98 Å². The zero-order valence-corrected chi connectivity index (χ0v) is 13.1. The van der Waals surface area contributed by atoms with Crippen LogP contribution in [-0.2, 0) is 0 Å². The third-order valence-electron chi connectivity index (χ3n) is 5.28. The molecule has 3 rings (SSSR count). The lowest BCUT2D eigenvalue weighted by Gasteiger charge is -2.32. The molecule has 0 amide bonds. The predicted octanol–water partition coefficient (Wildman–Crippen LogP) is 5.71. The van der Waals surface area contributed by atoms with Crippen molar-refractivity contribution in [3.8, 4) is 11.3 Å². The minimum absolute atomic E-state index is 0.306. The van der Waals surface area contributed by atoms with Crippen LogP contribution >= 0.6 is 0 Å². The molecule has 1 aromatic heterocycles. The van der Waals surface area contributed by atoms with Crippen molar-refractivity contribution in [2.24, 2.45) is 5.41 Å². The van der Waals surface area contributed by atoms with E-state index in [1.54, 1.807) is 6.20 Å². The molecule has 0 saturated heterocycles. The molecular weight excluding hydrogens is 280 g/mol. The zero-order chi connectivity index (χ0) is 15.7. The standard InChI is InChI=1S/C19H21F2N/c1-13(19(2)8-3-4-9-19)14-7-10-22-18(11-14)16-6-5-15(20)12-17(16)21/h5-7,10-13H,3-4,8-9H2,1-2H3. The highest BCUT2D eigenvalue weighted by molar-refractivity contribution is 5.60. The van der Waals surface area contributed by atoms with E-state index in [2.05, 4.69) is 18.8 Å². The molecule has 0 N–H and O–H groups in total. The molecule has 1 aliphatic carbocycles. The lowest BCUT2D eigenvalue weighted by Crippen LogP contribution is -2.19. The van der Waals surface area contributed by atoms with Crippen molar-refractivity contribution in [1.82, 2.24) is 4.98 Å². The molecule has 0 aliphatic heterocycles. The van der Waals surface area contributed by atoms with Crippen molar-refractivity contribution in [1.29, 1.82) is 0 Å². The van der Waals surface area contributed by atoms with Crippen molar-refractivity contribution in [2.75, 3.05) is 0 Å². The van der Waals surface area contributed by atoms with Crippen LogP contribution in [0, 0.1) is 17.0 Å². The highest BCUT2D eigenvalue weighted by Gasteiger charge is 2.35. The first-order valence-electron chi connectivity index (χ1n) is 7.91. The number of hydrogen-bond donors (Lipinski definition) is 0. The summed E-state index contributed by atoms with van der Waals surface area (Å²) < 4.78 is 27.0. The summed E-state index contributed by atoms with van der Waals surface area (Å²) >= 11 is 0. The van der Waals surface area contributed by atoms with E-state index in [0.29, 0.717) is 22.6 Å². The molecule has 0 spiro atoms. The molecule has 1 nitrogen and oxygen atoms in total. The molecule has 1 aliphatic rings. The summed E-state index contributed by atoms with van der Waals surface area (Å²) in [4.78, 5) is 4.27. The second-order valence-corrected chi connectivity index (χ2v) is 6.68. The van der Waals surface area contributed by atoms with E-state index in [-0.39, 0.29) is 0 Å². The Morgan fingerprint density at radius 1 is 1.09 bits per heavy atom. The Morgan fingerprint density at radius 3 is 2.50 bits per heavy atom. The number of rotatable bonds is 3. The number of hydrogen-bond acceptors (Lipinski definition) is 1. The highest BCUT2D eigenvalue weighted by atomic mass is 19.1. The summed E-state index contributed by atoms with van der Waals surface area (Å²) in [6.07, 6.45) is 6.76. The summed E-state index contributed by atoms with van der Waals surface area (Å²) in [5.41, 5.74) is 2.41. The van der Waals surface area contributed by atoms with Crippen LogP contribution < -0.4 is 0 Å². The molecule has 3 heteroatoms. The van der Waals surface area contributed by atoms with E-state index in [1.165, 1.54) is 43.4 Å². The lowest BCUT2D eigenvalue weighted by atomic mass is 9.73. The molecule has 1 atom stereocenters. The second kappa shape index (κ2) is 5.79. The Labute approximate surface area is 130 Å². The third kappa shape index (κ3) is 2.77. The van der Waals surface area contributed by atoms with E-state index in [1.807, 2.05) is 12.1 Å². The number of aromatic nitrogens is 1. The van der Waals surface area contributed by atoms with Crippen LogP contribution in [0.3, 0.4) is 0 Å². The number of halogens is 2. The van der Waals surface area contributed by atoms with Crippen LogP contribution in [0.15, 0.2) is 36.5 Å². The van der Waals surface area contributed by atoms with Gasteiger partial charge in [0.15, 0.2) is 0 Å². The average Bonchev–Trinajstić information content (AvgIpc) is 2.95. The molecule has 116 valence electrons. The van der Waals surface area contributed by atoms with E-state index >= 15 is 0 Å². The molecule has 0 bridgehead atoms. The number of nitrogens with zero attached hydrogens (tertiary/aromatic N) is 1. The van der Waals surface area contributed by atoms with Gasteiger partial charge < -0.3 is 0 Å². The van der Waals surface area contributed by atoms with Gasteiger partial charge in [-0.3, -0.25) is 4.98 Å². The Hall–Kier alpha value is -1.77. The van der Waals surface area contributed by atoms with Gasteiger partial charge in [-0.05, 0) is 54.0 Å². The summed E-state index contributed by atoms with van der Waals surface area (Å²) in [5, 5.41) is 0. The molecule has 0 radical (unpaired) electrons. The normalized spacial score (nSPS) is 18.4. The smallest absolute Gasteiger partial charge is 0.135 e. The summed E-state index contributed by atoms with van der Waals surface area (Å²) in [6.45, 7) is 4.58. The van der Waals surface area contributed by atoms with Gasteiger partial charge in [-0.15, -0.1) is 0 Å². The Bertz CT molecular complexity index is 675. The first kappa shape index (κ1) is 15.1. The SMILES string of the molecule is CC(c1ccnc(-c2ccc(F)cc2F)c1)C1(C)CCCC1. The van der Waals surface area contributed by atoms with Gasteiger partial charge >= 0.3 is 0 Å². The maximum absolute atomic E-state index is 14.0. The average molecular weight is 301 g/mol. The maximum Gasteiger partial charge on any atom is 0.135 e. The van der Waals surface area contributed by atoms with Crippen LogP contribution in [0.2, 0.25) is 0 Å². The Balaban J connectivity index is 1.95. The lowest BCUT2D eigenvalue weighted by molar-refractivity contribution is 0.275. The van der Waals surface area contributed by atoms with Crippen molar-refractivity contribution in [3.63, 3.8) is 0 Å². The fourth-order valence-corrected chi connectivity index (χ4v) is 3.58. The molecular formula is C19H21F2N. The van der Waals surface area contributed by atoms with Crippen molar-refractivity contribution >= 4 is 0 Å². The van der Waals surface area contributed by atoms with Crippen molar-refractivity contribution in [3.05, 3.63) is 53.7 Å². The van der Waals surface area contributed by atoms with Gasteiger partial charge in [0.2, 0.25) is 0 Å². The van der Waals surface area contributed by atoms with Gasteiger partial charge in [-0.1, -0.05) is 26.7 Å². The fourth-order valence-electron chi connectivity index (χ4n) is 3.58. The first-order chi connectivity index (χ1) is 10.5. The fraction of sp³-hybridized carbons (Fsp3) is 0.421. The molecule has 1 saturated carbocycles. The van der Waals surface area contributed by atoms with Crippen molar-refractivity contribution < 1.29 is 8.78 Å². The first-order valence-corrected chi connectivity index (χ1v) is 7.91. The molecule has 1 heterocycles. The molecule has 22 heavy (non-hydrogen) atoms. The summed E-state index contributed by atoms with van der Waals surface area (Å²) in [7, 11) is 0. The predicted molar refractivity (Wildman–Crippen MR) is 84.6 cm³/mol. The number of pyridine rings is 1. The molecule has 1 fully saturated rings. The summed E-state index contributed by atoms with van der Waals surface area (Å²) in [6, 6.07) is 7.60. The van der Waals surface area contributed by atoms with Gasteiger partial charge in [0, 0.05) is 17.8 Å². The minimum atomic E-state index is -0.566. The molecule has 2 aromatic rings. The maximum atomic E-state index is 14.0. The van der Waals surface area contributed by atoms with E-state index in [0.717, 1.165) is 6.07 Å². The molecule has 1 unspecified atom stereocenters. The quantitative estimate of drug-likeness (QED) is 0.707. The van der Waals surface area contributed by atoms with Gasteiger partial charge in [0.05, 0.1) is 5.69 Å². The topological polar surface area (TPSA) is 12.9 Å². The summed E-state index contributed by atoms with van der Waals surface area (Å²) in [5.74, 6) is -0.728. The van der Waals surface area contributed by atoms with Gasteiger partial charge in [-0.2, -0.15) is 0 Å². The highest BCUT2D eigenvalue weighted by Crippen LogP contribution is 2.48.